The summed E-state index contributed by atoms with van der Waals surface area (Å²) >= 11 is 5.81. The van der Waals surface area contributed by atoms with Gasteiger partial charge in [-0.3, -0.25) is 4.72 Å². The Kier molecular flexibility index (Phi) is 4.82. The number of aromatic nitrogens is 2. The van der Waals surface area contributed by atoms with Crippen molar-refractivity contribution in [3.63, 3.8) is 0 Å². The summed E-state index contributed by atoms with van der Waals surface area (Å²) in [6, 6.07) is 14.6. The van der Waals surface area contributed by atoms with Crippen molar-refractivity contribution in [3.8, 4) is 0 Å². The van der Waals surface area contributed by atoms with Crippen LogP contribution in [0.25, 0.3) is 0 Å². The van der Waals surface area contributed by atoms with E-state index in [2.05, 4.69) is 20.2 Å². The van der Waals surface area contributed by atoms with Crippen LogP contribution in [0.2, 0.25) is 5.02 Å². The molecule has 0 atom stereocenters. The van der Waals surface area contributed by atoms with Gasteiger partial charge in [0.15, 0.2) is 11.6 Å². The molecule has 0 aliphatic rings. The highest BCUT2D eigenvalue weighted by atomic mass is 35.5. The molecule has 0 aliphatic carbocycles. The molecule has 25 heavy (non-hydrogen) atoms. The van der Waals surface area contributed by atoms with E-state index in [1.807, 2.05) is 0 Å². The second kappa shape index (κ2) is 7.04. The molecule has 0 amide bonds. The Hall–Kier alpha value is -2.71. The summed E-state index contributed by atoms with van der Waals surface area (Å²) in [7, 11) is -3.81. The molecule has 2 N–H and O–H groups in total. The lowest BCUT2D eigenvalue weighted by Gasteiger charge is -2.08. The molecule has 1 heterocycles. The van der Waals surface area contributed by atoms with E-state index in [1.54, 1.807) is 24.3 Å². The Morgan fingerprint density at radius 1 is 0.920 bits per heavy atom. The Morgan fingerprint density at radius 3 is 2.24 bits per heavy atom. The van der Waals surface area contributed by atoms with E-state index in [0.29, 0.717) is 16.5 Å². The molecular weight excluding hydrogens is 367 g/mol. The zero-order valence-electron chi connectivity index (χ0n) is 12.6. The molecule has 6 nitrogen and oxygen atoms in total. The summed E-state index contributed by atoms with van der Waals surface area (Å²) in [5, 5.41) is 10.9. The maximum Gasteiger partial charge on any atom is 0.263 e. The van der Waals surface area contributed by atoms with Crippen LogP contribution in [0, 0.1) is 5.82 Å². The van der Waals surface area contributed by atoms with Gasteiger partial charge in [-0.05, 0) is 54.6 Å². The quantitative estimate of drug-likeness (QED) is 0.705. The average molecular weight is 379 g/mol. The van der Waals surface area contributed by atoms with Gasteiger partial charge in [-0.2, -0.15) is 0 Å². The highest BCUT2D eigenvalue weighted by molar-refractivity contribution is 7.92. The number of sulfonamides is 1. The fourth-order valence-electron chi connectivity index (χ4n) is 1.97. The molecule has 9 heteroatoms. The zero-order chi connectivity index (χ0) is 17.9. The molecule has 0 unspecified atom stereocenters. The third-order valence-corrected chi connectivity index (χ3v) is 4.71. The predicted octanol–water partition coefficient (Wildman–Crippen LogP) is 3.81. The molecule has 0 saturated carbocycles. The van der Waals surface area contributed by atoms with Gasteiger partial charge in [-0.25, -0.2) is 12.8 Å². The number of halogens is 2. The summed E-state index contributed by atoms with van der Waals surface area (Å²) in [6.07, 6.45) is 0. The summed E-state index contributed by atoms with van der Waals surface area (Å²) in [5.41, 5.74) is 0.628. The molecule has 0 aliphatic heterocycles. The van der Waals surface area contributed by atoms with Gasteiger partial charge in [-0.1, -0.05) is 17.7 Å². The van der Waals surface area contributed by atoms with E-state index >= 15 is 0 Å². The highest BCUT2D eigenvalue weighted by Gasteiger charge is 2.15. The first-order chi connectivity index (χ1) is 11.9. The van der Waals surface area contributed by atoms with Crippen molar-refractivity contribution in [1.82, 2.24) is 10.2 Å². The monoisotopic (exact) mass is 378 g/mol. The van der Waals surface area contributed by atoms with Gasteiger partial charge in [0.25, 0.3) is 10.0 Å². The molecule has 3 aromatic rings. The van der Waals surface area contributed by atoms with E-state index in [-0.39, 0.29) is 16.5 Å². The van der Waals surface area contributed by atoms with Crippen molar-refractivity contribution < 1.29 is 12.8 Å². The number of benzene rings is 2. The van der Waals surface area contributed by atoms with Gasteiger partial charge >= 0.3 is 0 Å². The van der Waals surface area contributed by atoms with E-state index < -0.39 is 10.0 Å². The number of hydrogen-bond acceptors (Lipinski definition) is 5. The second-order valence-corrected chi connectivity index (χ2v) is 7.12. The fraction of sp³-hybridized carbons (Fsp3) is 0. The minimum Gasteiger partial charge on any atom is -0.339 e. The molecular formula is C16H12ClFN4O2S. The molecule has 2 aromatic carbocycles. The minimum atomic E-state index is -3.81. The van der Waals surface area contributed by atoms with Crippen molar-refractivity contribution in [2.24, 2.45) is 0 Å². The number of nitrogens with zero attached hydrogens (tertiary/aromatic N) is 2. The first kappa shape index (κ1) is 17.1. The molecule has 0 spiro atoms. The van der Waals surface area contributed by atoms with E-state index in [4.69, 9.17) is 11.6 Å². The van der Waals surface area contributed by atoms with Crippen LogP contribution >= 0.6 is 11.6 Å². The van der Waals surface area contributed by atoms with E-state index in [0.717, 1.165) is 0 Å². The molecule has 0 fully saturated rings. The van der Waals surface area contributed by atoms with Crippen LogP contribution in [-0.4, -0.2) is 18.6 Å². The Labute approximate surface area is 148 Å². The Bertz CT molecular complexity index is 980. The lowest BCUT2D eigenvalue weighted by atomic mass is 10.3. The topological polar surface area (TPSA) is 84.0 Å². The predicted molar refractivity (Wildman–Crippen MR) is 94.0 cm³/mol. The number of nitrogens with one attached hydrogen (secondary N) is 2. The standard InChI is InChI=1S/C16H12ClFN4O2S/c17-11-2-1-3-14(10-11)25(23,24)22-16-9-8-15(20-21-16)19-13-6-4-12(18)5-7-13/h1-10H,(H,19,20)(H,21,22). The van der Waals surface area contributed by atoms with E-state index in [1.165, 1.54) is 36.4 Å². The van der Waals surface area contributed by atoms with Gasteiger partial charge in [0.1, 0.15) is 5.82 Å². The normalized spacial score (nSPS) is 11.1. The molecule has 3 rings (SSSR count). The van der Waals surface area contributed by atoms with Crippen LogP contribution in [-0.2, 0) is 10.0 Å². The molecule has 0 bridgehead atoms. The zero-order valence-corrected chi connectivity index (χ0v) is 14.2. The van der Waals surface area contributed by atoms with Crippen LogP contribution in [0.4, 0.5) is 21.7 Å². The third-order valence-electron chi connectivity index (χ3n) is 3.13. The second-order valence-electron chi connectivity index (χ2n) is 5.00. The van der Waals surface area contributed by atoms with Crippen molar-refractivity contribution >= 4 is 38.9 Å². The van der Waals surface area contributed by atoms with Gasteiger partial charge in [0, 0.05) is 10.7 Å². The van der Waals surface area contributed by atoms with Crippen molar-refractivity contribution in [2.75, 3.05) is 10.0 Å². The lowest BCUT2D eigenvalue weighted by molar-refractivity contribution is 0.601. The van der Waals surface area contributed by atoms with Gasteiger partial charge in [0.05, 0.1) is 4.90 Å². The van der Waals surface area contributed by atoms with Gasteiger partial charge in [0.2, 0.25) is 0 Å². The first-order valence-electron chi connectivity index (χ1n) is 7.07. The molecule has 128 valence electrons. The van der Waals surface area contributed by atoms with Crippen LogP contribution in [0.1, 0.15) is 0 Å². The summed E-state index contributed by atoms with van der Waals surface area (Å²) in [4.78, 5) is 0.0234. The van der Waals surface area contributed by atoms with Gasteiger partial charge < -0.3 is 5.32 Å². The minimum absolute atomic E-state index is 0.0234. The van der Waals surface area contributed by atoms with E-state index in [9.17, 15) is 12.8 Å². The van der Waals surface area contributed by atoms with Crippen LogP contribution < -0.4 is 10.0 Å². The molecule has 1 aromatic heterocycles. The Balaban J connectivity index is 1.73. The maximum absolute atomic E-state index is 12.9. The number of anilines is 3. The van der Waals surface area contributed by atoms with Crippen molar-refractivity contribution in [3.05, 3.63) is 71.5 Å². The van der Waals surface area contributed by atoms with Crippen LogP contribution in [0.15, 0.2) is 65.6 Å². The van der Waals surface area contributed by atoms with Crippen molar-refractivity contribution in [1.29, 1.82) is 0 Å². The maximum atomic E-state index is 12.9. The summed E-state index contributed by atoms with van der Waals surface area (Å²) in [6.45, 7) is 0. The number of hydrogen-bond donors (Lipinski definition) is 2. The SMILES string of the molecule is O=S(=O)(Nc1ccc(Nc2ccc(F)cc2)nn1)c1cccc(Cl)c1. The van der Waals surface area contributed by atoms with Gasteiger partial charge in [-0.15, -0.1) is 10.2 Å². The number of rotatable bonds is 5. The van der Waals surface area contributed by atoms with Crippen molar-refractivity contribution in [2.45, 2.75) is 4.90 Å². The fourth-order valence-corrected chi connectivity index (χ4v) is 3.26. The lowest BCUT2D eigenvalue weighted by Crippen LogP contribution is -2.14. The Morgan fingerprint density at radius 2 is 1.60 bits per heavy atom. The largest absolute Gasteiger partial charge is 0.339 e. The molecule has 0 radical (unpaired) electrons. The molecule has 0 saturated heterocycles. The van der Waals surface area contributed by atoms with Crippen LogP contribution in [0.5, 0.6) is 0 Å². The first-order valence-corrected chi connectivity index (χ1v) is 8.93. The third kappa shape index (κ3) is 4.43. The summed E-state index contributed by atoms with van der Waals surface area (Å²) < 4.78 is 39.7. The summed E-state index contributed by atoms with van der Waals surface area (Å²) in [5.74, 6) is 0.101. The van der Waals surface area contributed by atoms with Crippen LogP contribution in [0.3, 0.4) is 0 Å². The highest BCUT2D eigenvalue weighted by Crippen LogP contribution is 2.19. The average Bonchev–Trinajstić information content (AvgIpc) is 2.58. The smallest absolute Gasteiger partial charge is 0.263 e.